The predicted molar refractivity (Wildman–Crippen MR) is 157 cm³/mol. The molecule has 0 amide bonds. The van der Waals surface area contributed by atoms with Crippen LogP contribution in [-0.4, -0.2) is 73.6 Å². The maximum Gasteiger partial charge on any atom is 0.401 e. The van der Waals surface area contributed by atoms with Crippen molar-refractivity contribution in [2.75, 3.05) is 46.6 Å². The lowest BCUT2D eigenvalue weighted by Gasteiger charge is -2.26. The third-order valence-corrected chi connectivity index (χ3v) is 8.49. The van der Waals surface area contributed by atoms with E-state index in [1.807, 2.05) is 12.1 Å². The van der Waals surface area contributed by atoms with Gasteiger partial charge in [0.25, 0.3) is 0 Å². The van der Waals surface area contributed by atoms with Crippen LogP contribution < -0.4 is 9.47 Å². The Balaban J connectivity index is 1.09. The fourth-order valence-corrected chi connectivity index (χ4v) is 5.56. The highest BCUT2D eigenvalue weighted by molar-refractivity contribution is 5.87. The molecular formula is C33H33F4N3O5. The second kappa shape index (κ2) is 12.8. The molecule has 1 aliphatic heterocycles. The number of benzene rings is 2. The van der Waals surface area contributed by atoms with Gasteiger partial charge in [0, 0.05) is 68.2 Å². The summed E-state index contributed by atoms with van der Waals surface area (Å²) in [6.07, 6.45) is -2.85. The molecule has 0 spiro atoms. The number of carbonyl (C=O) groups excluding carboxylic acids is 1. The molecule has 0 unspecified atom stereocenters. The topological polar surface area (TPSA) is 86.9 Å². The number of carbonyl (C=O) groups is 1. The SMILES string of the molecule is COc1cc2ncc(-c3ccc(CC(=O)CCc4cc(C5(C(F)(F)F)CC5)on4)c(F)c3)cc2cc1OCCN1CCOCC1. The maximum atomic E-state index is 15.1. The molecule has 3 heterocycles. The molecule has 1 aliphatic carbocycles. The number of halogens is 4. The quantitative estimate of drug-likeness (QED) is 0.175. The standard InChI is InChI=1S/C33H33F4N3O5/c1-42-29-19-28-23(17-30(29)44-13-10-40-8-11-43-12-9-40)14-24(20-38-28)21-2-3-22(27(34)16-21)15-26(41)5-4-25-18-31(45-39-25)32(6-7-32)33(35,36)37/h2-3,14,16-20H,4-13,15H2,1H3. The highest BCUT2D eigenvalue weighted by Crippen LogP contribution is 2.59. The molecule has 2 aromatic heterocycles. The van der Waals surface area contributed by atoms with Crippen LogP contribution in [0.1, 0.15) is 36.3 Å². The van der Waals surface area contributed by atoms with Gasteiger partial charge in [0.2, 0.25) is 0 Å². The van der Waals surface area contributed by atoms with Crippen molar-refractivity contribution >= 4 is 16.7 Å². The van der Waals surface area contributed by atoms with E-state index < -0.39 is 17.4 Å². The van der Waals surface area contributed by atoms with Gasteiger partial charge in [-0.3, -0.25) is 14.7 Å². The summed E-state index contributed by atoms with van der Waals surface area (Å²) >= 11 is 0. The van der Waals surface area contributed by atoms with Gasteiger partial charge in [-0.25, -0.2) is 4.39 Å². The minimum atomic E-state index is -4.40. The van der Waals surface area contributed by atoms with E-state index >= 15 is 4.39 Å². The number of fused-ring (bicyclic) bond motifs is 1. The number of morpholine rings is 1. The van der Waals surface area contributed by atoms with Gasteiger partial charge < -0.3 is 18.7 Å². The molecule has 0 N–H and O–H groups in total. The van der Waals surface area contributed by atoms with Crippen LogP contribution in [0, 0.1) is 5.82 Å². The smallest absolute Gasteiger partial charge is 0.401 e. The van der Waals surface area contributed by atoms with E-state index in [1.54, 1.807) is 31.5 Å². The molecule has 2 aromatic carbocycles. The lowest BCUT2D eigenvalue weighted by atomic mass is 9.99. The average molecular weight is 628 g/mol. The fourth-order valence-electron chi connectivity index (χ4n) is 5.56. The van der Waals surface area contributed by atoms with E-state index in [0.717, 1.165) is 25.0 Å². The zero-order valence-corrected chi connectivity index (χ0v) is 24.8. The highest BCUT2D eigenvalue weighted by Gasteiger charge is 2.66. The van der Waals surface area contributed by atoms with Crippen LogP contribution in [0.3, 0.4) is 0 Å². The molecule has 1 saturated carbocycles. The van der Waals surface area contributed by atoms with Gasteiger partial charge in [-0.15, -0.1) is 0 Å². The van der Waals surface area contributed by atoms with Crippen LogP contribution in [-0.2, 0) is 27.8 Å². The Labute approximate surface area is 257 Å². The molecule has 6 rings (SSSR count). The normalized spacial score (nSPS) is 16.6. The molecule has 45 heavy (non-hydrogen) atoms. The minimum absolute atomic E-state index is 0.00108. The van der Waals surface area contributed by atoms with Gasteiger partial charge in [0.15, 0.2) is 17.3 Å². The molecule has 238 valence electrons. The first-order valence-corrected chi connectivity index (χ1v) is 14.9. The first-order chi connectivity index (χ1) is 21.6. The fraction of sp³-hybridized carbons (Fsp3) is 0.424. The maximum absolute atomic E-state index is 15.1. The number of ketones is 1. The zero-order chi connectivity index (χ0) is 31.6. The summed E-state index contributed by atoms with van der Waals surface area (Å²) < 4.78 is 77.1. The number of ether oxygens (including phenoxy) is 3. The predicted octanol–water partition coefficient (Wildman–Crippen LogP) is 6.09. The molecule has 2 aliphatic rings. The second-order valence-corrected chi connectivity index (χ2v) is 11.5. The molecule has 8 nitrogen and oxygen atoms in total. The number of aryl methyl sites for hydroxylation is 1. The third kappa shape index (κ3) is 6.81. The number of nitrogens with zero attached hydrogens (tertiary/aromatic N) is 3. The number of methoxy groups -OCH3 is 1. The van der Waals surface area contributed by atoms with E-state index in [9.17, 15) is 18.0 Å². The Kier molecular flexibility index (Phi) is 8.78. The highest BCUT2D eigenvalue weighted by atomic mass is 19.4. The summed E-state index contributed by atoms with van der Waals surface area (Å²) in [5.41, 5.74) is 0.531. The Bertz CT molecular complexity index is 1680. The molecule has 0 atom stereocenters. The molecule has 1 saturated heterocycles. The van der Waals surface area contributed by atoms with Gasteiger partial charge in [-0.2, -0.15) is 13.2 Å². The summed E-state index contributed by atoms with van der Waals surface area (Å²) in [6, 6.07) is 11.5. The van der Waals surface area contributed by atoms with Crippen molar-refractivity contribution < 1.29 is 41.1 Å². The van der Waals surface area contributed by atoms with Crippen LogP contribution in [0.5, 0.6) is 11.5 Å². The summed E-state index contributed by atoms with van der Waals surface area (Å²) in [7, 11) is 1.57. The van der Waals surface area contributed by atoms with Gasteiger partial charge in [0.1, 0.15) is 23.6 Å². The first kappa shape index (κ1) is 31.0. The Morgan fingerprint density at radius 2 is 1.84 bits per heavy atom. The molecule has 0 radical (unpaired) electrons. The minimum Gasteiger partial charge on any atom is -0.493 e. The van der Waals surface area contributed by atoms with Gasteiger partial charge in [-0.05, 0) is 42.2 Å². The number of aromatic nitrogens is 2. The van der Waals surface area contributed by atoms with E-state index in [1.165, 1.54) is 12.1 Å². The summed E-state index contributed by atoms with van der Waals surface area (Å²) in [5.74, 6) is 0.153. The second-order valence-electron chi connectivity index (χ2n) is 11.5. The number of pyridine rings is 1. The van der Waals surface area contributed by atoms with Crippen LogP contribution in [0.2, 0.25) is 0 Å². The van der Waals surface area contributed by atoms with Crippen molar-refractivity contribution in [3.05, 3.63) is 71.5 Å². The van der Waals surface area contributed by atoms with Crippen molar-refractivity contribution in [2.24, 2.45) is 0 Å². The van der Waals surface area contributed by atoms with Crippen LogP contribution in [0.15, 0.2) is 53.2 Å². The lowest BCUT2D eigenvalue weighted by Crippen LogP contribution is -2.38. The third-order valence-electron chi connectivity index (χ3n) is 8.49. The van der Waals surface area contributed by atoms with Gasteiger partial charge in [-0.1, -0.05) is 17.3 Å². The Morgan fingerprint density at radius 3 is 2.56 bits per heavy atom. The van der Waals surface area contributed by atoms with E-state index in [-0.39, 0.29) is 54.9 Å². The lowest BCUT2D eigenvalue weighted by molar-refractivity contribution is -0.165. The Morgan fingerprint density at radius 1 is 1.04 bits per heavy atom. The number of rotatable bonds is 12. The van der Waals surface area contributed by atoms with Crippen molar-refractivity contribution in [1.29, 1.82) is 0 Å². The van der Waals surface area contributed by atoms with Crippen molar-refractivity contribution in [2.45, 2.75) is 43.7 Å². The van der Waals surface area contributed by atoms with Crippen molar-refractivity contribution in [1.82, 2.24) is 15.0 Å². The van der Waals surface area contributed by atoms with Crippen LogP contribution >= 0.6 is 0 Å². The number of hydrogen-bond acceptors (Lipinski definition) is 8. The average Bonchev–Trinajstić information content (AvgIpc) is 3.73. The number of alkyl halides is 3. The number of hydrogen-bond donors (Lipinski definition) is 0. The van der Waals surface area contributed by atoms with Crippen LogP contribution in [0.25, 0.3) is 22.0 Å². The van der Waals surface area contributed by atoms with Gasteiger partial charge in [0.05, 0.1) is 31.5 Å². The van der Waals surface area contributed by atoms with E-state index in [4.69, 9.17) is 18.7 Å². The zero-order valence-electron chi connectivity index (χ0n) is 24.8. The van der Waals surface area contributed by atoms with Crippen molar-refractivity contribution in [3.8, 4) is 22.6 Å². The van der Waals surface area contributed by atoms with Crippen molar-refractivity contribution in [3.63, 3.8) is 0 Å². The molecule has 12 heteroatoms. The van der Waals surface area contributed by atoms with E-state index in [0.29, 0.717) is 48.0 Å². The largest absolute Gasteiger partial charge is 0.493 e. The van der Waals surface area contributed by atoms with E-state index in [2.05, 4.69) is 15.0 Å². The summed E-state index contributed by atoms with van der Waals surface area (Å²) in [5, 5.41) is 4.52. The molecule has 2 fully saturated rings. The molecular weight excluding hydrogens is 594 g/mol. The summed E-state index contributed by atoms with van der Waals surface area (Å²) in [4.78, 5) is 19.4. The Hall–Kier alpha value is -4.03. The summed E-state index contributed by atoms with van der Waals surface area (Å²) in [6.45, 7) is 4.42. The molecule has 0 bridgehead atoms. The van der Waals surface area contributed by atoms with Crippen LogP contribution in [0.4, 0.5) is 17.6 Å². The monoisotopic (exact) mass is 627 g/mol. The molecule has 4 aromatic rings. The number of Topliss-reactive ketones (excluding diaryl/α,β-unsaturated/α-hetero) is 1. The first-order valence-electron chi connectivity index (χ1n) is 14.9. The van der Waals surface area contributed by atoms with Gasteiger partial charge >= 0.3 is 6.18 Å².